The number of benzene rings is 2. The van der Waals surface area contributed by atoms with Crippen molar-refractivity contribution in [2.75, 3.05) is 6.61 Å². The van der Waals surface area contributed by atoms with Crippen molar-refractivity contribution in [1.82, 2.24) is 9.55 Å². The van der Waals surface area contributed by atoms with Crippen molar-refractivity contribution in [3.05, 3.63) is 75.7 Å². The summed E-state index contributed by atoms with van der Waals surface area (Å²) < 4.78 is 7.74. The summed E-state index contributed by atoms with van der Waals surface area (Å²) in [4.78, 5) is 17.8. The van der Waals surface area contributed by atoms with E-state index in [4.69, 9.17) is 9.72 Å². The number of aromatic nitrogens is 2. The summed E-state index contributed by atoms with van der Waals surface area (Å²) in [6.07, 6.45) is 0. The Bertz CT molecular complexity index is 983. The van der Waals surface area contributed by atoms with Crippen LogP contribution in [0, 0.1) is 6.92 Å². The summed E-state index contributed by atoms with van der Waals surface area (Å²) in [5.41, 5.74) is 4.02. The normalized spacial score (nSPS) is 13.1. The van der Waals surface area contributed by atoms with Gasteiger partial charge in [-0.25, -0.2) is 4.98 Å². The second kappa shape index (κ2) is 7.04. The molecule has 0 aliphatic carbocycles. The molecule has 0 saturated carbocycles. The van der Waals surface area contributed by atoms with Crippen LogP contribution in [0.5, 0.6) is 0 Å². The average molecular weight is 350 g/mol. The summed E-state index contributed by atoms with van der Waals surface area (Å²) in [5, 5.41) is 0. The molecule has 0 bridgehead atoms. The maximum Gasteiger partial charge on any atom is 0.273 e. The zero-order valence-electron chi connectivity index (χ0n) is 16.1. The molecule has 1 atom stereocenters. The SMILES string of the molecule is Cc1cccc(C(COC(C)(C)C)c2nc3ccccc3n(C)c2=O)c1. The van der Waals surface area contributed by atoms with Crippen LogP contribution in [0.4, 0.5) is 0 Å². The Balaban J connectivity index is 2.16. The van der Waals surface area contributed by atoms with Gasteiger partial charge in [-0.05, 0) is 45.4 Å². The molecule has 3 rings (SSSR count). The van der Waals surface area contributed by atoms with Gasteiger partial charge in [-0.1, -0.05) is 42.0 Å². The van der Waals surface area contributed by atoms with Crippen LogP contribution in [-0.4, -0.2) is 21.8 Å². The van der Waals surface area contributed by atoms with E-state index in [0.29, 0.717) is 12.3 Å². The van der Waals surface area contributed by atoms with Gasteiger partial charge in [0.15, 0.2) is 0 Å². The standard InChI is InChI=1S/C22H26N2O2/c1-15-9-8-10-16(13-15)17(14-26-22(2,3)4)20-21(25)24(5)19-12-7-6-11-18(19)23-20/h6-13,17H,14H2,1-5H3. The topological polar surface area (TPSA) is 44.1 Å². The summed E-state index contributed by atoms with van der Waals surface area (Å²) in [6, 6.07) is 15.9. The molecule has 4 nitrogen and oxygen atoms in total. The van der Waals surface area contributed by atoms with Crippen LogP contribution in [0.3, 0.4) is 0 Å². The number of hydrogen-bond donors (Lipinski definition) is 0. The molecule has 136 valence electrons. The minimum Gasteiger partial charge on any atom is -0.375 e. The minimum absolute atomic E-state index is 0.0762. The number of fused-ring (bicyclic) bond motifs is 1. The third kappa shape index (κ3) is 3.86. The Morgan fingerprint density at radius 2 is 1.85 bits per heavy atom. The first kappa shape index (κ1) is 18.3. The number of nitrogens with zero attached hydrogens (tertiary/aromatic N) is 2. The van der Waals surface area contributed by atoms with Gasteiger partial charge >= 0.3 is 0 Å². The molecular weight excluding hydrogens is 324 g/mol. The number of ether oxygens (including phenoxy) is 1. The maximum absolute atomic E-state index is 13.1. The van der Waals surface area contributed by atoms with Gasteiger partial charge in [0.05, 0.1) is 29.2 Å². The van der Waals surface area contributed by atoms with E-state index in [1.807, 2.05) is 57.2 Å². The van der Waals surface area contributed by atoms with Crippen molar-refractivity contribution in [2.24, 2.45) is 7.05 Å². The molecule has 0 N–H and O–H groups in total. The number of para-hydroxylation sites is 2. The first-order valence-electron chi connectivity index (χ1n) is 8.92. The predicted molar refractivity (Wildman–Crippen MR) is 106 cm³/mol. The third-order valence-corrected chi connectivity index (χ3v) is 4.47. The first-order valence-corrected chi connectivity index (χ1v) is 8.92. The maximum atomic E-state index is 13.1. The summed E-state index contributed by atoms with van der Waals surface area (Å²) in [6.45, 7) is 8.52. The van der Waals surface area contributed by atoms with E-state index in [1.165, 1.54) is 0 Å². The molecule has 3 aromatic rings. The lowest BCUT2D eigenvalue weighted by Crippen LogP contribution is -2.30. The van der Waals surface area contributed by atoms with Crippen molar-refractivity contribution in [1.29, 1.82) is 0 Å². The molecule has 2 aromatic carbocycles. The number of aryl methyl sites for hydroxylation is 2. The summed E-state index contributed by atoms with van der Waals surface area (Å²) >= 11 is 0. The quantitative estimate of drug-likeness (QED) is 0.709. The lowest BCUT2D eigenvalue weighted by atomic mass is 9.94. The fourth-order valence-electron chi connectivity index (χ4n) is 3.08. The monoisotopic (exact) mass is 350 g/mol. The Morgan fingerprint density at radius 3 is 2.54 bits per heavy atom. The molecule has 0 aliphatic heterocycles. The molecule has 26 heavy (non-hydrogen) atoms. The van der Waals surface area contributed by atoms with Gasteiger partial charge in [0.25, 0.3) is 5.56 Å². The fraction of sp³-hybridized carbons (Fsp3) is 0.364. The van der Waals surface area contributed by atoms with Crippen LogP contribution >= 0.6 is 0 Å². The second-order valence-electron chi connectivity index (χ2n) is 7.74. The Hall–Kier alpha value is -2.46. The average Bonchev–Trinajstić information content (AvgIpc) is 2.58. The molecule has 1 aromatic heterocycles. The largest absolute Gasteiger partial charge is 0.375 e. The predicted octanol–water partition coefficient (Wildman–Crippen LogP) is 4.19. The Kier molecular flexibility index (Phi) is 4.97. The van der Waals surface area contributed by atoms with E-state index in [0.717, 1.165) is 22.2 Å². The van der Waals surface area contributed by atoms with Crippen LogP contribution in [-0.2, 0) is 11.8 Å². The van der Waals surface area contributed by atoms with Gasteiger partial charge in [0.2, 0.25) is 0 Å². The molecule has 0 radical (unpaired) electrons. The lowest BCUT2D eigenvalue weighted by Gasteiger charge is -2.25. The van der Waals surface area contributed by atoms with E-state index in [1.54, 1.807) is 11.6 Å². The molecule has 4 heteroatoms. The summed E-state index contributed by atoms with van der Waals surface area (Å²) in [7, 11) is 1.80. The van der Waals surface area contributed by atoms with Gasteiger partial charge in [0.1, 0.15) is 5.69 Å². The van der Waals surface area contributed by atoms with Crippen LogP contribution in [0.2, 0.25) is 0 Å². The molecule has 0 saturated heterocycles. The molecule has 0 spiro atoms. The number of rotatable bonds is 4. The molecular formula is C22H26N2O2. The molecule has 1 heterocycles. The van der Waals surface area contributed by atoms with E-state index in [2.05, 4.69) is 19.1 Å². The molecule has 1 unspecified atom stereocenters. The second-order valence-corrected chi connectivity index (χ2v) is 7.74. The third-order valence-electron chi connectivity index (χ3n) is 4.47. The van der Waals surface area contributed by atoms with Gasteiger partial charge < -0.3 is 9.30 Å². The zero-order chi connectivity index (χ0) is 18.9. The van der Waals surface area contributed by atoms with Crippen molar-refractivity contribution in [2.45, 2.75) is 39.2 Å². The Morgan fingerprint density at radius 1 is 1.12 bits per heavy atom. The fourth-order valence-corrected chi connectivity index (χ4v) is 3.08. The van der Waals surface area contributed by atoms with Crippen LogP contribution in [0.1, 0.15) is 43.5 Å². The van der Waals surface area contributed by atoms with E-state index >= 15 is 0 Å². The van der Waals surface area contributed by atoms with Crippen molar-refractivity contribution in [3.63, 3.8) is 0 Å². The molecule has 0 fully saturated rings. The van der Waals surface area contributed by atoms with Crippen molar-refractivity contribution < 1.29 is 4.74 Å². The minimum atomic E-state index is -0.288. The van der Waals surface area contributed by atoms with Crippen LogP contribution in [0.15, 0.2) is 53.3 Å². The smallest absolute Gasteiger partial charge is 0.273 e. The van der Waals surface area contributed by atoms with E-state index < -0.39 is 0 Å². The van der Waals surface area contributed by atoms with Gasteiger partial charge in [0, 0.05) is 7.05 Å². The highest BCUT2D eigenvalue weighted by Crippen LogP contribution is 2.25. The van der Waals surface area contributed by atoms with Crippen LogP contribution < -0.4 is 5.56 Å². The van der Waals surface area contributed by atoms with Crippen molar-refractivity contribution >= 4 is 11.0 Å². The highest BCUT2D eigenvalue weighted by Gasteiger charge is 2.24. The zero-order valence-corrected chi connectivity index (χ0v) is 16.1. The van der Waals surface area contributed by atoms with Gasteiger partial charge in [-0.15, -0.1) is 0 Å². The van der Waals surface area contributed by atoms with Crippen LogP contribution in [0.25, 0.3) is 11.0 Å². The number of hydrogen-bond acceptors (Lipinski definition) is 3. The summed E-state index contributed by atoms with van der Waals surface area (Å²) in [5.74, 6) is -0.211. The highest BCUT2D eigenvalue weighted by atomic mass is 16.5. The first-order chi connectivity index (χ1) is 12.3. The van der Waals surface area contributed by atoms with Gasteiger partial charge in [-0.3, -0.25) is 4.79 Å². The van der Waals surface area contributed by atoms with E-state index in [-0.39, 0.29) is 17.1 Å². The van der Waals surface area contributed by atoms with Gasteiger partial charge in [-0.2, -0.15) is 0 Å². The Labute approximate surface area is 154 Å². The van der Waals surface area contributed by atoms with E-state index in [9.17, 15) is 4.79 Å². The molecule has 0 aliphatic rings. The lowest BCUT2D eigenvalue weighted by molar-refractivity contribution is -0.00716. The molecule has 0 amide bonds. The van der Waals surface area contributed by atoms with Crippen molar-refractivity contribution in [3.8, 4) is 0 Å². The highest BCUT2D eigenvalue weighted by molar-refractivity contribution is 5.74.